The van der Waals surface area contributed by atoms with Crippen LogP contribution in [0.5, 0.6) is 0 Å². The van der Waals surface area contributed by atoms with Crippen molar-refractivity contribution in [2.24, 2.45) is 0 Å². The molecule has 0 fully saturated rings. The first-order valence-corrected chi connectivity index (χ1v) is 5.87. The van der Waals surface area contributed by atoms with E-state index in [1.165, 1.54) is 0 Å². The van der Waals surface area contributed by atoms with Crippen molar-refractivity contribution in [3.05, 3.63) is 66.0 Å². The maximum atomic E-state index is 5.67. The minimum Gasteiger partial charge on any atom is -0.384 e. The van der Waals surface area contributed by atoms with Crippen LogP contribution in [-0.4, -0.2) is 9.97 Å². The molecule has 0 spiro atoms. The summed E-state index contributed by atoms with van der Waals surface area (Å²) in [4.78, 5) is 8.91. The van der Waals surface area contributed by atoms with Crippen molar-refractivity contribution in [1.29, 1.82) is 0 Å². The molecule has 0 unspecified atom stereocenters. The van der Waals surface area contributed by atoms with Gasteiger partial charge in [-0.05, 0) is 24.3 Å². The first-order chi connectivity index (χ1) is 8.81. The first-order valence-electron chi connectivity index (χ1n) is 5.87. The van der Waals surface area contributed by atoms with Crippen molar-refractivity contribution in [1.82, 2.24) is 9.97 Å². The summed E-state index contributed by atoms with van der Waals surface area (Å²) in [5.74, 6) is 0.549. The molecule has 2 aromatic heterocycles. The van der Waals surface area contributed by atoms with Crippen LogP contribution in [0.2, 0.25) is 0 Å². The van der Waals surface area contributed by atoms with Gasteiger partial charge in [0.15, 0.2) is 0 Å². The fourth-order valence-electron chi connectivity index (χ4n) is 1.99. The van der Waals surface area contributed by atoms with E-state index in [0.717, 1.165) is 22.3 Å². The third-order valence-corrected chi connectivity index (χ3v) is 2.85. The lowest BCUT2D eigenvalue weighted by Gasteiger charge is -2.03. The molecule has 0 atom stereocenters. The van der Waals surface area contributed by atoms with Gasteiger partial charge in [0.2, 0.25) is 0 Å². The zero-order chi connectivity index (χ0) is 12.4. The number of nitrogen functional groups attached to an aromatic ring is 1. The van der Waals surface area contributed by atoms with Crippen LogP contribution in [0.3, 0.4) is 0 Å². The average molecular weight is 235 g/mol. The van der Waals surface area contributed by atoms with E-state index in [1.54, 1.807) is 6.07 Å². The summed E-state index contributed by atoms with van der Waals surface area (Å²) in [6.45, 7) is 0. The van der Waals surface area contributed by atoms with Gasteiger partial charge >= 0.3 is 0 Å². The van der Waals surface area contributed by atoms with E-state index in [1.807, 2.05) is 36.4 Å². The Morgan fingerprint density at radius 1 is 0.778 bits per heavy atom. The second-order valence-electron chi connectivity index (χ2n) is 4.23. The normalized spacial score (nSPS) is 10.7. The number of para-hydroxylation sites is 1. The highest BCUT2D eigenvalue weighted by Gasteiger charge is 2.01. The number of anilines is 1. The molecule has 0 saturated carbocycles. The van der Waals surface area contributed by atoms with Gasteiger partial charge in [-0.15, -0.1) is 0 Å². The van der Waals surface area contributed by atoms with Crippen molar-refractivity contribution in [3.63, 3.8) is 0 Å². The smallest absolute Gasteiger partial charge is 0.123 e. The Morgan fingerprint density at radius 2 is 1.61 bits per heavy atom. The van der Waals surface area contributed by atoms with E-state index in [4.69, 9.17) is 5.73 Å². The van der Waals surface area contributed by atoms with E-state index in [-0.39, 0.29) is 0 Å². The molecule has 3 aromatic rings. The average Bonchev–Trinajstić information content (AvgIpc) is 2.39. The van der Waals surface area contributed by atoms with Gasteiger partial charge in [0.25, 0.3) is 0 Å². The van der Waals surface area contributed by atoms with Gasteiger partial charge in [0.1, 0.15) is 5.82 Å². The highest BCUT2D eigenvalue weighted by molar-refractivity contribution is 5.78. The van der Waals surface area contributed by atoms with Crippen LogP contribution in [0.25, 0.3) is 10.9 Å². The maximum absolute atomic E-state index is 5.67. The fourth-order valence-corrected chi connectivity index (χ4v) is 1.99. The van der Waals surface area contributed by atoms with Gasteiger partial charge in [-0.1, -0.05) is 30.3 Å². The van der Waals surface area contributed by atoms with Crippen molar-refractivity contribution < 1.29 is 0 Å². The lowest BCUT2D eigenvalue weighted by atomic mass is 10.1. The zero-order valence-corrected chi connectivity index (χ0v) is 9.88. The Hall–Kier alpha value is -2.42. The van der Waals surface area contributed by atoms with Gasteiger partial charge < -0.3 is 5.73 Å². The number of nitrogens with zero attached hydrogens (tertiary/aromatic N) is 2. The number of rotatable bonds is 2. The monoisotopic (exact) mass is 235 g/mol. The predicted molar refractivity (Wildman–Crippen MR) is 73.2 cm³/mol. The van der Waals surface area contributed by atoms with E-state index in [2.05, 4.69) is 22.1 Å². The van der Waals surface area contributed by atoms with Crippen LogP contribution in [0.1, 0.15) is 11.4 Å². The molecule has 3 rings (SSSR count). The molecule has 0 radical (unpaired) electrons. The number of fused-ring (bicyclic) bond motifs is 1. The summed E-state index contributed by atoms with van der Waals surface area (Å²) in [6.07, 6.45) is 0.704. The molecular weight excluding hydrogens is 222 g/mol. The van der Waals surface area contributed by atoms with Crippen molar-refractivity contribution in [2.75, 3.05) is 5.73 Å². The van der Waals surface area contributed by atoms with Gasteiger partial charge in [0.05, 0.1) is 5.52 Å². The largest absolute Gasteiger partial charge is 0.384 e. The van der Waals surface area contributed by atoms with Crippen molar-refractivity contribution >= 4 is 16.7 Å². The van der Waals surface area contributed by atoms with Crippen LogP contribution >= 0.6 is 0 Å². The molecule has 0 aliphatic carbocycles. The van der Waals surface area contributed by atoms with Crippen LogP contribution in [0.4, 0.5) is 5.82 Å². The van der Waals surface area contributed by atoms with E-state index >= 15 is 0 Å². The molecule has 88 valence electrons. The third-order valence-electron chi connectivity index (χ3n) is 2.85. The zero-order valence-electron chi connectivity index (χ0n) is 9.88. The highest BCUT2D eigenvalue weighted by atomic mass is 14.8. The molecule has 3 nitrogen and oxygen atoms in total. The molecule has 0 amide bonds. The fraction of sp³-hybridized carbons (Fsp3) is 0.0667. The Balaban J connectivity index is 1.95. The summed E-state index contributed by atoms with van der Waals surface area (Å²) < 4.78 is 0. The Labute approximate surface area is 105 Å². The van der Waals surface area contributed by atoms with Gasteiger partial charge in [-0.25, -0.2) is 4.98 Å². The summed E-state index contributed by atoms with van der Waals surface area (Å²) in [6, 6.07) is 17.9. The van der Waals surface area contributed by atoms with E-state index < -0.39 is 0 Å². The highest BCUT2D eigenvalue weighted by Crippen LogP contribution is 2.14. The second-order valence-corrected chi connectivity index (χ2v) is 4.23. The quantitative estimate of drug-likeness (QED) is 0.743. The molecule has 18 heavy (non-hydrogen) atoms. The lowest BCUT2D eigenvalue weighted by molar-refractivity contribution is 1.03. The molecule has 2 heterocycles. The van der Waals surface area contributed by atoms with Crippen molar-refractivity contribution in [3.8, 4) is 0 Å². The van der Waals surface area contributed by atoms with Crippen LogP contribution in [0.15, 0.2) is 54.6 Å². The van der Waals surface area contributed by atoms with Crippen LogP contribution in [0, 0.1) is 0 Å². The topological polar surface area (TPSA) is 51.8 Å². The minimum atomic E-state index is 0.549. The van der Waals surface area contributed by atoms with E-state index in [9.17, 15) is 0 Å². The second kappa shape index (κ2) is 4.45. The summed E-state index contributed by atoms with van der Waals surface area (Å²) in [7, 11) is 0. The standard InChI is InChI=1S/C15H13N3/c16-15-7-3-5-12(18-15)10-13-9-8-11-4-1-2-6-14(11)17-13/h1-9H,10H2,(H2,16,18). The third kappa shape index (κ3) is 2.15. The minimum absolute atomic E-state index is 0.549. The summed E-state index contributed by atoms with van der Waals surface area (Å²) in [5.41, 5.74) is 8.63. The maximum Gasteiger partial charge on any atom is 0.123 e. The van der Waals surface area contributed by atoms with Gasteiger partial charge in [0, 0.05) is 23.2 Å². The summed E-state index contributed by atoms with van der Waals surface area (Å²) >= 11 is 0. The van der Waals surface area contributed by atoms with Crippen LogP contribution in [-0.2, 0) is 6.42 Å². The molecule has 2 N–H and O–H groups in total. The summed E-state index contributed by atoms with van der Waals surface area (Å²) in [5, 5.41) is 1.15. The molecule has 0 bridgehead atoms. The Morgan fingerprint density at radius 3 is 2.50 bits per heavy atom. The number of nitrogens with two attached hydrogens (primary N) is 1. The molecule has 0 saturated heterocycles. The van der Waals surface area contributed by atoms with Crippen molar-refractivity contribution in [2.45, 2.75) is 6.42 Å². The number of hydrogen-bond acceptors (Lipinski definition) is 3. The SMILES string of the molecule is Nc1cccc(Cc2ccc3ccccc3n2)n1. The van der Waals surface area contributed by atoms with Gasteiger partial charge in [-0.2, -0.15) is 0 Å². The molecule has 1 aromatic carbocycles. The van der Waals surface area contributed by atoms with E-state index in [0.29, 0.717) is 12.2 Å². The number of aromatic nitrogens is 2. The Bertz CT molecular complexity index is 692. The number of pyridine rings is 2. The Kier molecular flexibility index (Phi) is 2.65. The molecule has 3 heteroatoms. The van der Waals surface area contributed by atoms with Crippen LogP contribution < -0.4 is 5.73 Å². The predicted octanol–water partition coefficient (Wildman–Crippen LogP) is 2.80. The number of hydrogen-bond donors (Lipinski definition) is 1. The lowest BCUT2D eigenvalue weighted by Crippen LogP contribution is -1.98. The number of benzene rings is 1. The molecule has 0 aliphatic rings. The van der Waals surface area contributed by atoms with Gasteiger partial charge in [-0.3, -0.25) is 4.98 Å². The molecule has 0 aliphatic heterocycles. The first kappa shape index (κ1) is 10.7. The molecular formula is C15H13N3.